The largest absolute Gasteiger partial charge is 0.383 e. The summed E-state index contributed by atoms with van der Waals surface area (Å²) >= 11 is 1.49. The summed E-state index contributed by atoms with van der Waals surface area (Å²) in [5, 5.41) is 5.55. The van der Waals surface area contributed by atoms with E-state index in [1.165, 1.54) is 11.3 Å². The molecule has 0 fully saturated rings. The van der Waals surface area contributed by atoms with E-state index in [4.69, 9.17) is 4.74 Å². The van der Waals surface area contributed by atoms with E-state index in [9.17, 15) is 4.79 Å². The monoisotopic (exact) mass is 237 g/mol. The molecule has 16 heavy (non-hydrogen) atoms. The molecule has 0 aliphatic heterocycles. The van der Waals surface area contributed by atoms with Crippen molar-refractivity contribution in [2.24, 2.45) is 0 Å². The molecule has 84 valence electrons. The van der Waals surface area contributed by atoms with Crippen LogP contribution in [0.5, 0.6) is 0 Å². The average molecular weight is 237 g/mol. The van der Waals surface area contributed by atoms with E-state index in [2.05, 4.69) is 15.3 Å². The minimum Gasteiger partial charge on any atom is -0.383 e. The van der Waals surface area contributed by atoms with E-state index in [1.807, 2.05) is 11.4 Å². The Morgan fingerprint density at radius 3 is 3.31 bits per heavy atom. The summed E-state index contributed by atoms with van der Waals surface area (Å²) in [5.74, 6) is -0.0709. The summed E-state index contributed by atoms with van der Waals surface area (Å²) in [6, 6.07) is 1.92. The fraction of sp³-hybridized carbons (Fsp3) is 0.300. The first-order chi connectivity index (χ1) is 7.81. The van der Waals surface area contributed by atoms with Gasteiger partial charge in [-0.3, -0.25) is 4.79 Å². The number of hydrogen-bond donors (Lipinski definition) is 1. The molecule has 2 aromatic heterocycles. The zero-order valence-electron chi connectivity index (χ0n) is 8.77. The number of nitrogens with zero attached hydrogens (tertiary/aromatic N) is 2. The predicted octanol–water partition coefficient (Wildman–Crippen LogP) is 1.07. The lowest BCUT2D eigenvalue weighted by Gasteiger charge is -2.02. The van der Waals surface area contributed by atoms with Gasteiger partial charge in [0.25, 0.3) is 5.91 Å². The van der Waals surface area contributed by atoms with Crippen LogP contribution < -0.4 is 5.32 Å². The lowest BCUT2D eigenvalue weighted by atomic mass is 10.4. The Hall–Kier alpha value is -1.53. The Bertz CT molecular complexity index is 498. The SMILES string of the molecule is COCCNC(=O)c1ncc2ccsc2n1. The first kappa shape index (κ1) is 11.0. The number of carbonyl (C=O) groups is 1. The van der Waals surface area contributed by atoms with Gasteiger partial charge >= 0.3 is 0 Å². The second-order valence-electron chi connectivity index (χ2n) is 3.12. The van der Waals surface area contributed by atoms with Crippen molar-refractivity contribution in [1.29, 1.82) is 0 Å². The van der Waals surface area contributed by atoms with Crippen LogP contribution in [0.15, 0.2) is 17.6 Å². The molecule has 2 aromatic rings. The van der Waals surface area contributed by atoms with Crippen LogP contribution in [0, 0.1) is 0 Å². The van der Waals surface area contributed by atoms with E-state index >= 15 is 0 Å². The zero-order chi connectivity index (χ0) is 11.4. The van der Waals surface area contributed by atoms with Gasteiger partial charge in [0.1, 0.15) is 4.83 Å². The molecule has 0 radical (unpaired) electrons. The van der Waals surface area contributed by atoms with E-state index in [-0.39, 0.29) is 11.7 Å². The number of aromatic nitrogens is 2. The number of amides is 1. The lowest BCUT2D eigenvalue weighted by Crippen LogP contribution is -2.28. The molecule has 6 heteroatoms. The Kier molecular flexibility index (Phi) is 3.43. The summed E-state index contributed by atoms with van der Waals surface area (Å²) in [7, 11) is 1.58. The van der Waals surface area contributed by atoms with Crippen molar-refractivity contribution in [1.82, 2.24) is 15.3 Å². The van der Waals surface area contributed by atoms with Crippen molar-refractivity contribution in [2.75, 3.05) is 20.3 Å². The highest BCUT2D eigenvalue weighted by Gasteiger charge is 2.09. The lowest BCUT2D eigenvalue weighted by molar-refractivity contribution is 0.0927. The molecule has 0 aliphatic carbocycles. The maximum absolute atomic E-state index is 11.6. The van der Waals surface area contributed by atoms with Crippen molar-refractivity contribution in [3.63, 3.8) is 0 Å². The second kappa shape index (κ2) is 5.00. The summed E-state index contributed by atoms with van der Waals surface area (Å²) in [4.78, 5) is 20.6. The molecule has 0 saturated heterocycles. The number of fused-ring (bicyclic) bond motifs is 1. The van der Waals surface area contributed by atoms with E-state index in [0.717, 1.165) is 10.2 Å². The van der Waals surface area contributed by atoms with Gasteiger partial charge in [0.15, 0.2) is 0 Å². The van der Waals surface area contributed by atoms with Crippen LogP contribution in [0.2, 0.25) is 0 Å². The topological polar surface area (TPSA) is 64.1 Å². The van der Waals surface area contributed by atoms with Crippen molar-refractivity contribution in [3.8, 4) is 0 Å². The number of carbonyl (C=O) groups excluding carboxylic acids is 1. The summed E-state index contributed by atoms with van der Waals surface area (Å²) in [5.41, 5.74) is 0. The van der Waals surface area contributed by atoms with Gasteiger partial charge in [-0.2, -0.15) is 0 Å². The van der Waals surface area contributed by atoms with Crippen molar-refractivity contribution in [2.45, 2.75) is 0 Å². The van der Waals surface area contributed by atoms with Crippen LogP contribution in [-0.2, 0) is 4.74 Å². The summed E-state index contributed by atoms with van der Waals surface area (Å²) < 4.78 is 4.83. The number of ether oxygens (including phenoxy) is 1. The Balaban J connectivity index is 2.10. The third kappa shape index (κ3) is 2.34. The predicted molar refractivity (Wildman–Crippen MR) is 61.6 cm³/mol. The van der Waals surface area contributed by atoms with Gasteiger partial charge in [-0.05, 0) is 11.4 Å². The molecule has 2 heterocycles. The average Bonchev–Trinajstić information content (AvgIpc) is 2.76. The van der Waals surface area contributed by atoms with E-state index < -0.39 is 0 Å². The number of hydrogen-bond acceptors (Lipinski definition) is 5. The Morgan fingerprint density at radius 1 is 1.62 bits per heavy atom. The molecule has 0 atom stereocenters. The third-order valence-corrected chi connectivity index (χ3v) is 2.82. The summed E-state index contributed by atoms with van der Waals surface area (Å²) in [6.07, 6.45) is 1.66. The van der Waals surface area contributed by atoms with Crippen LogP contribution in [0.4, 0.5) is 0 Å². The standard InChI is InChI=1S/C10H11N3O2S/c1-15-4-3-11-9(14)8-12-6-7-2-5-16-10(7)13-8/h2,5-6H,3-4H2,1H3,(H,11,14). The van der Waals surface area contributed by atoms with Gasteiger partial charge in [-0.1, -0.05) is 0 Å². The van der Waals surface area contributed by atoms with Crippen LogP contribution in [0.3, 0.4) is 0 Å². The number of nitrogens with one attached hydrogen (secondary N) is 1. The van der Waals surface area contributed by atoms with Gasteiger partial charge in [0.05, 0.1) is 6.61 Å². The maximum Gasteiger partial charge on any atom is 0.289 e. The van der Waals surface area contributed by atoms with Crippen molar-refractivity contribution >= 4 is 27.5 Å². The maximum atomic E-state index is 11.6. The quantitative estimate of drug-likeness (QED) is 0.808. The smallest absolute Gasteiger partial charge is 0.289 e. The minimum atomic E-state index is -0.271. The number of thiophene rings is 1. The molecular formula is C10H11N3O2S. The molecule has 0 aliphatic rings. The van der Waals surface area contributed by atoms with Gasteiger partial charge in [0.2, 0.25) is 5.82 Å². The minimum absolute atomic E-state index is 0.200. The highest BCUT2D eigenvalue weighted by Crippen LogP contribution is 2.16. The van der Waals surface area contributed by atoms with E-state index in [0.29, 0.717) is 13.2 Å². The molecule has 0 bridgehead atoms. The fourth-order valence-electron chi connectivity index (χ4n) is 1.21. The third-order valence-electron chi connectivity index (χ3n) is 2.00. The molecule has 0 aromatic carbocycles. The number of methoxy groups -OCH3 is 1. The van der Waals surface area contributed by atoms with Crippen LogP contribution in [0.1, 0.15) is 10.6 Å². The highest BCUT2D eigenvalue weighted by atomic mass is 32.1. The molecule has 1 N–H and O–H groups in total. The Labute approximate surface area is 96.5 Å². The van der Waals surface area contributed by atoms with Crippen molar-refractivity contribution < 1.29 is 9.53 Å². The van der Waals surface area contributed by atoms with Crippen LogP contribution in [-0.4, -0.2) is 36.1 Å². The molecule has 0 unspecified atom stereocenters. The highest BCUT2D eigenvalue weighted by molar-refractivity contribution is 7.16. The fourth-order valence-corrected chi connectivity index (χ4v) is 1.95. The van der Waals surface area contributed by atoms with E-state index in [1.54, 1.807) is 13.3 Å². The van der Waals surface area contributed by atoms with Gasteiger partial charge < -0.3 is 10.1 Å². The molecular weight excluding hydrogens is 226 g/mol. The molecule has 0 spiro atoms. The molecule has 0 saturated carbocycles. The first-order valence-corrected chi connectivity index (χ1v) is 5.66. The van der Waals surface area contributed by atoms with Gasteiger partial charge in [-0.15, -0.1) is 11.3 Å². The second-order valence-corrected chi connectivity index (χ2v) is 4.02. The van der Waals surface area contributed by atoms with Gasteiger partial charge in [-0.25, -0.2) is 9.97 Å². The first-order valence-electron chi connectivity index (χ1n) is 4.78. The van der Waals surface area contributed by atoms with Crippen molar-refractivity contribution in [3.05, 3.63) is 23.5 Å². The summed E-state index contributed by atoms with van der Waals surface area (Å²) in [6.45, 7) is 0.939. The zero-order valence-corrected chi connectivity index (χ0v) is 9.58. The molecule has 2 rings (SSSR count). The van der Waals surface area contributed by atoms with Crippen LogP contribution >= 0.6 is 11.3 Å². The normalized spacial score (nSPS) is 10.6. The molecule has 1 amide bonds. The molecule has 5 nitrogen and oxygen atoms in total. The van der Waals surface area contributed by atoms with Gasteiger partial charge in [0, 0.05) is 25.2 Å². The Morgan fingerprint density at radius 2 is 2.50 bits per heavy atom. The van der Waals surface area contributed by atoms with Crippen LogP contribution in [0.25, 0.3) is 10.2 Å². The number of rotatable bonds is 4.